The first kappa shape index (κ1) is 11.5. The van der Waals surface area contributed by atoms with Gasteiger partial charge in [-0.25, -0.2) is 0 Å². The molecular formula is C15H14N4. The van der Waals surface area contributed by atoms with E-state index in [1.165, 1.54) is 0 Å². The van der Waals surface area contributed by atoms with Gasteiger partial charge in [0.2, 0.25) is 0 Å². The molecular weight excluding hydrogens is 236 g/mol. The molecule has 0 unspecified atom stereocenters. The van der Waals surface area contributed by atoms with Gasteiger partial charge < -0.3 is 5.32 Å². The monoisotopic (exact) mass is 250 g/mol. The lowest BCUT2D eigenvalue weighted by Gasteiger charge is -2.05. The van der Waals surface area contributed by atoms with E-state index in [9.17, 15) is 0 Å². The van der Waals surface area contributed by atoms with Crippen molar-refractivity contribution in [3.63, 3.8) is 0 Å². The summed E-state index contributed by atoms with van der Waals surface area (Å²) < 4.78 is 0. The summed E-state index contributed by atoms with van der Waals surface area (Å²) in [6.45, 7) is 0.644. The summed E-state index contributed by atoms with van der Waals surface area (Å²) in [5.41, 5.74) is 3.95. The molecule has 0 saturated heterocycles. The van der Waals surface area contributed by atoms with Crippen LogP contribution in [0.25, 0.3) is 11.3 Å². The largest absolute Gasteiger partial charge is 0.379 e. The fourth-order valence-corrected chi connectivity index (χ4v) is 1.95. The molecule has 0 saturated carbocycles. The SMILES string of the molecule is c1ccc(NCc2n[nH]nc2-c2ccccc2)cc1. The number of anilines is 1. The van der Waals surface area contributed by atoms with Crippen molar-refractivity contribution in [2.24, 2.45) is 0 Å². The molecule has 0 amide bonds. The topological polar surface area (TPSA) is 53.6 Å². The Labute approximate surface area is 111 Å². The lowest BCUT2D eigenvalue weighted by molar-refractivity contribution is 0.911. The van der Waals surface area contributed by atoms with Crippen LogP contribution in [-0.2, 0) is 6.54 Å². The van der Waals surface area contributed by atoms with Crippen molar-refractivity contribution < 1.29 is 0 Å². The lowest BCUT2D eigenvalue weighted by Crippen LogP contribution is -2.01. The molecule has 0 fully saturated rings. The Balaban J connectivity index is 1.78. The van der Waals surface area contributed by atoms with Crippen LogP contribution in [0.3, 0.4) is 0 Å². The van der Waals surface area contributed by atoms with Gasteiger partial charge in [0.25, 0.3) is 0 Å². The standard InChI is InChI=1S/C15H14N4/c1-3-7-12(8-4-1)15-14(17-19-18-15)11-16-13-9-5-2-6-10-13/h1-10,16H,11H2,(H,17,18,19). The molecule has 1 heterocycles. The molecule has 0 aliphatic carbocycles. The first-order valence-electron chi connectivity index (χ1n) is 6.17. The summed E-state index contributed by atoms with van der Waals surface area (Å²) in [5.74, 6) is 0. The number of hydrogen-bond donors (Lipinski definition) is 2. The minimum Gasteiger partial charge on any atom is -0.379 e. The molecule has 19 heavy (non-hydrogen) atoms. The van der Waals surface area contributed by atoms with Gasteiger partial charge >= 0.3 is 0 Å². The Morgan fingerprint density at radius 1 is 0.842 bits per heavy atom. The molecule has 3 rings (SSSR count). The molecule has 0 spiro atoms. The maximum atomic E-state index is 4.22. The lowest BCUT2D eigenvalue weighted by atomic mass is 10.1. The van der Waals surface area contributed by atoms with Gasteiger partial charge in [0.15, 0.2) is 0 Å². The maximum Gasteiger partial charge on any atom is 0.117 e. The fourth-order valence-electron chi connectivity index (χ4n) is 1.95. The summed E-state index contributed by atoms with van der Waals surface area (Å²) in [5, 5.41) is 14.5. The molecule has 0 bridgehead atoms. The van der Waals surface area contributed by atoms with E-state index in [0.717, 1.165) is 22.6 Å². The molecule has 0 aliphatic rings. The van der Waals surface area contributed by atoms with Crippen LogP contribution in [0, 0.1) is 0 Å². The Hall–Kier alpha value is -2.62. The smallest absolute Gasteiger partial charge is 0.117 e. The van der Waals surface area contributed by atoms with Crippen LogP contribution in [0.2, 0.25) is 0 Å². The van der Waals surface area contributed by atoms with Crippen LogP contribution in [0.1, 0.15) is 5.69 Å². The van der Waals surface area contributed by atoms with Crippen LogP contribution in [0.4, 0.5) is 5.69 Å². The van der Waals surface area contributed by atoms with Gasteiger partial charge in [0.1, 0.15) is 11.4 Å². The van der Waals surface area contributed by atoms with Crippen molar-refractivity contribution in [3.8, 4) is 11.3 Å². The first-order valence-corrected chi connectivity index (χ1v) is 6.17. The number of rotatable bonds is 4. The zero-order chi connectivity index (χ0) is 12.9. The van der Waals surface area contributed by atoms with E-state index in [0.29, 0.717) is 6.54 Å². The number of nitrogens with one attached hydrogen (secondary N) is 2. The molecule has 2 aromatic carbocycles. The molecule has 4 heteroatoms. The number of nitrogens with zero attached hydrogens (tertiary/aromatic N) is 2. The van der Waals surface area contributed by atoms with Gasteiger partial charge in [-0.2, -0.15) is 15.4 Å². The van der Waals surface area contributed by atoms with Gasteiger partial charge in [0.05, 0.1) is 6.54 Å². The Morgan fingerprint density at radius 3 is 2.26 bits per heavy atom. The van der Waals surface area contributed by atoms with E-state index >= 15 is 0 Å². The average molecular weight is 250 g/mol. The Morgan fingerprint density at radius 2 is 1.53 bits per heavy atom. The van der Waals surface area contributed by atoms with E-state index in [1.807, 2.05) is 60.7 Å². The normalized spacial score (nSPS) is 10.3. The fraction of sp³-hybridized carbons (Fsp3) is 0.0667. The predicted molar refractivity (Wildman–Crippen MR) is 75.6 cm³/mol. The number of H-pyrrole nitrogens is 1. The maximum absolute atomic E-state index is 4.22. The number of aromatic amines is 1. The quantitative estimate of drug-likeness (QED) is 0.748. The highest BCUT2D eigenvalue weighted by atomic mass is 15.3. The third kappa shape index (κ3) is 2.63. The summed E-state index contributed by atoms with van der Waals surface area (Å²) in [7, 11) is 0. The van der Waals surface area contributed by atoms with Crippen molar-refractivity contribution in [3.05, 3.63) is 66.4 Å². The first-order chi connectivity index (χ1) is 9.43. The summed E-state index contributed by atoms with van der Waals surface area (Å²) in [4.78, 5) is 0. The third-order valence-corrected chi connectivity index (χ3v) is 2.90. The molecule has 2 N–H and O–H groups in total. The molecule has 0 atom stereocenters. The molecule has 0 aliphatic heterocycles. The van der Waals surface area contributed by atoms with Gasteiger partial charge in [-0.15, -0.1) is 0 Å². The van der Waals surface area contributed by atoms with Gasteiger partial charge in [-0.05, 0) is 12.1 Å². The second-order valence-electron chi connectivity index (χ2n) is 4.20. The second kappa shape index (κ2) is 5.35. The predicted octanol–water partition coefficient (Wildman–Crippen LogP) is 3.08. The zero-order valence-electron chi connectivity index (χ0n) is 10.4. The van der Waals surface area contributed by atoms with Crippen LogP contribution in [0.15, 0.2) is 60.7 Å². The number of para-hydroxylation sites is 1. The molecule has 4 nitrogen and oxygen atoms in total. The van der Waals surface area contributed by atoms with Crippen molar-refractivity contribution in [1.82, 2.24) is 15.4 Å². The van der Waals surface area contributed by atoms with E-state index in [4.69, 9.17) is 0 Å². The molecule has 3 aromatic rings. The minimum absolute atomic E-state index is 0.644. The van der Waals surface area contributed by atoms with Gasteiger partial charge in [0, 0.05) is 11.3 Å². The van der Waals surface area contributed by atoms with Crippen molar-refractivity contribution >= 4 is 5.69 Å². The summed E-state index contributed by atoms with van der Waals surface area (Å²) in [6, 6.07) is 20.1. The third-order valence-electron chi connectivity index (χ3n) is 2.90. The summed E-state index contributed by atoms with van der Waals surface area (Å²) >= 11 is 0. The van der Waals surface area contributed by atoms with Crippen molar-refractivity contribution in [2.45, 2.75) is 6.54 Å². The highest BCUT2D eigenvalue weighted by molar-refractivity contribution is 5.61. The Bertz CT molecular complexity index is 632. The van der Waals surface area contributed by atoms with Crippen LogP contribution in [-0.4, -0.2) is 15.4 Å². The number of hydrogen-bond acceptors (Lipinski definition) is 3. The molecule has 94 valence electrons. The van der Waals surface area contributed by atoms with Crippen LogP contribution < -0.4 is 5.32 Å². The zero-order valence-corrected chi connectivity index (χ0v) is 10.4. The van der Waals surface area contributed by atoms with Crippen LogP contribution in [0.5, 0.6) is 0 Å². The van der Waals surface area contributed by atoms with Gasteiger partial charge in [-0.3, -0.25) is 0 Å². The second-order valence-corrected chi connectivity index (χ2v) is 4.20. The highest BCUT2D eigenvalue weighted by Gasteiger charge is 2.09. The Kier molecular flexibility index (Phi) is 3.23. The number of aromatic nitrogens is 3. The van der Waals surface area contributed by atoms with E-state index in [-0.39, 0.29) is 0 Å². The van der Waals surface area contributed by atoms with Crippen LogP contribution >= 0.6 is 0 Å². The number of benzene rings is 2. The average Bonchev–Trinajstić information content (AvgIpc) is 2.95. The summed E-state index contributed by atoms with van der Waals surface area (Å²) in [6.07, 6.45) is 0. The van der Waals surface area contributed by atoms with Crippen molar-refractivity contribution in [2.75, 3.05) is 5.32 Å². The highest BCUT2D eigenvalue weighted by Crippen LogP contribution is 2.19. The van der Waals surface area contributed by atoms with E-state index < -0.39 is 0 Å². The van der Waals surface area contributed by atoms with E-state index in [2.05, 4.69) is 20.7 Å². The van der Waals surface area contributed by atoms with Gasteiger partial charge in [-0.1, -0.05) is 48.5 Å². The molecule has 0 radical (unpaired) electrons. The minimum atomic E-state index is 0.644. The van der Waals surface area contributed by atoms with E-state index in [1.54, 1.807) is 0 Å². The molecule has 1 aromatic heterocycles. The van der Waals surface area contributed by atoms with Crippen molar-refractivity contribution in [1.29, 1.82) is 0 Å².